The summed E-state index contributed by atoms with van der Waals surface area (Å²) in [5.41, 5.74) is 3.04. The first-order chi connectivity index (χ1) is 14.9. The minimum Gasteiger partial charge on any atom is -0.355 e. The number of anilines is 1. The number of hydrogen-bond donors (Lipinski definition) is 1. The van der Waals surface area contributed by atoms with Crippen LogP contribution in [0, 0.1) is 13.8 Å². The predicted molar refractivity (Wildman–Crippen MR) is 131 cm³/mol. The number of nitrogens with zero attached hydrogens (tertiary/aromatic N) is 2. The Balaban J connectivity index is 2.40. The number of hydrogen-bond acceptors (Lipinski definition) is 4. The van der Waals surface area contributed by atoms with E-state index in [2.05, 4.69) is 21.2 Å². The molecule has 0 aliphatic carbocycles. The normalized spacial score (nSPS) is 12.2. The lowest BCUT2D eigenvalue weighted by Gasteiger charge is -2.31. The van der Waals surface area contributed by atoms with Gasteiger partial charge in [-0.1, -0.05) is 34.1 Å². The fourth-order valence-corrected chi connectivity index (χ4v) is 4.50. The van der Waals surface area contributed by atoms with E-state index < -0.39 is 28.5 Å². The third-order valence-corrected chi connectivity index (χ3v) is 6.63. The van der Waals surface area contributed by atoms with Crippen LogP contribution in [0.1, 0.15) is 30.5 Å². The molecule has 0 aliphatic rings. The molecule has 2 rings (SSSR count). The van der Waals surface area contributed by atoms with Crippen LogP contribution in [-0.2, 0) is 26.2 Å². The summed E-state index contributed by atoms with van der Waals surface area (Å²) in [5.74, 6) is -0.758. The molecule has 2 amide bonds. The molecule has 0 radical (unpaired) electrons. The van der Waals surface area contributed by atoms with Gasteiger partial charge in [-0.3, -0.25) is 13.9 Å². The Labute approximate surface area is 199 Å². The van der Waals surface area contributed by atoms with Gasteiger partial charge in [0.05, 0.1) is 11.9 Å². The van der Waals surface area contributed by atoms with Crippen molar-refractivity contribution in [2.45, 2.75) is 40.3 Å². The lowest BCUT2D eigenvalue weighted by molar-refractivity contribution is -0.139. The predicted octanol–water partition coefficient (Wildman–Crippen LogP) is 3.39. The van der Waals surface area contributed by atoms with E-state index in [0.29, 0.717) is 12.2 Å². The molecule has 1 atom stereocenters. The quantitative estimate of drug-likeness (QED) is 0.545. The maximum Gasteiger partial charge on any atom is 0.244 e. The number of nitrogens with one attached hydrogen (secondary N) is 1. The zero-order valence-electron chi connectivity index (χ0n) is 19.1. The highest BCUT2D eigenvalue weighted by Crippen LogP contribution is 2.22. The monoisotopic (exact) mass is 523 g/mol. The number of benzene rings is 2. The average Bonchev–Trinajstić information content (AvgIpc) is 2.69. The van der Waals surface area contributed by atoms with Crippen molar-refractivity contribution in [1.29, 1.82) is 0 Å². The lowest BCUT2D eigenvalue weighted by Crippen LogP contribution is -2.51. The second-order valence-electron chi connectivity index (χ2n) is 7.83. The van der Waals surface area contributed by atoms with Gasteiger partial charge in [-0.2, -0.15) is 0 Å². The average molecular weight is 524 g/mol. The summed E-state index contributed by atoms with van der Waals surface area (Å²) >= 11 is 3.39. The van der Waals surface area contributed by atoms with Crippen molar-refractivity contribution in [3.8, 4) is 0 Å². The molecule has 174 valence electrons. The molecule has 0 saturated carbocycles. The van der Waals surface area contributed by atoms with Gasteiger partial charge in [-0.25, -0.2) is 8.42 Å². The number of carbonyl (C=O) groups excluding carboxylic acids is 2. The highest BCUT2D eigenvalue weighted by Gasteiger charge is 2.30. The molecule has 7 nitrogen and oxygen atoms in total. The Hall–Kier alpha value is -2.39. The molecule has 0 unspecified atom stereocenters. The standard InChI is InChI=1S/C23H30BrN3O4S/c1-6-25-23(29)18(4)26(14-19-7-9-20(24)10-8-19)22(28)15-27(32(5,30)31)21-12-16(2)11-17(3)13-21/h7-13,18H,6,14-15H2,1-5H3,(H,25,29)/t18-/m0/s1. The molecule has 0 spiro atoms. The number of halogens is 1. The van der Waals surface area contributed by atoms with Crippen LogP contribution in [0.2, 0.25) is 0 Å². The Morgan fingerprint density at radius 2 is 1.62 bits per heavy atom. The smallest absolute Gasteiger partial charge is 0.244 e. The SMILES string of the molecule is CCNC(=O)[C@H](C)N(Cc1ccc(Br)cc1)C(=O)CN(c1cc(C)cc(C)c1)S(C)(=O)=O. The maximum atomic E-state index is 13.4. The summed E-state index contributed by atoms with van der Waals surface area (Å²) in [6.07, 6.45) is 1.07. The minimum absolute atomic E-state index is 0.175. The van der Waals surface area contributed by atoms with Gasteiger partial charge in [-0.15, -0.1) is 0 Å². The molecular formula is C23H30BrN3O4S. The Morgan fingerprint density at radius 1 is 1.06 bits per heavy atom. The van der Waals surface area contributed by atoms with E-state index in [9.17, 15) is 18.0 Å². The van der Waals surface area contributed by atoms with Gasteiger partial charge in [0.1, 0.15) is 12.6 Å². The van der Waals surface area contributed by atoms with Crippen molar-refractivity contribution >= 4 is 43.5 Å². The first-order valence-corrected chi connectivity index (χ1v) is 12.9. The van der Waals surface area contributed by atoms with Gasteiger partial charge in [0.25, 0.3) is 0 Å². The molecule has 1 N–H and O–H groups in total. The molecule has 32 heavy (non-hydrogen) atoms. The molecule has 2 aromatic carbocycles. The molecule has 0 aromatic heterocycles. The van der Waals surface area contributed by atoms with E-state index >= 15 is 0 Å². The summed E-state index contributed by atoms with van der Waals surface area (Å²) < 4.78 is 27.2. The zero-order chi connectivity index (χ0) is 24.1. The van der Waals surface area contributed by atoms with Crippen molar-refractivity contribution in [3.63, 3.8) is 0 Å². The summed E-state index contributed by atoms with van der Waals surface area (Å²) in [7, 11) is -3.74. The second kappa shape index (κ2) is 11.0. The van der Waals surface area contributed by atoms with Crippen LogP contribution < -0.4 is 9.62 Å². The van der Waals surface area contributed by atoms with Crippen molar-refractivity contribution in [2.24, 2.45) is 0 Å². The fraction of sp³-hybridized carbons (Fsp3) is 0.391. The maximum absolute atomic E-state index is 13.4. The van der Waals surface area contributed by atoms with E-state index in [0.717, 1.165) is 31.7 Å². The Kier molecular flexibility index (Phi) is 8.86. The largest absolute Gasteiger partial charge is 0.355 e. The molecule has 0 saturated heterocycles. The molecule has 0 heterocycles. The van der Waals surface area contributed by atoms with Gasteiger partial charge in [-0.05, 0) is 68.7 Å². The number of sulfonamides is 1. The first-order valence-electron chi connectivity index (χ1n) is 10.3. The zero-order valence-corrected chi connectivity index (χ0v) is 21.5. The van der Waals surface area contributed by atoms with Gasteiger partial charge < -0.3 is 10.2 Å². The summed E-state index contributed by atoms with van der Waals surface area (Å²) in [4.78, 5) is 27.3. The van der Waals surface area contributed by atoms with E-state index in [1.54, 1.807) is 26.0 Å². The Bertz CT molecular complexity index is 1050. The van der Waals surface area contributed by atoms with Crippen LogP contribution in [0.25, 0.3) is 0 Å². The topological polar surface area (TPSA) is 86.8 Å². The number of carbonyl (C=O) groups is 2. The molecular weight excluding hydrogens is 494 g/mol. The number of aryl methyl sites for hydroxylation is 2. The first kappa shape index (κ1) is 25.9. The van der Waals surface area contributed by atoms with Gasteiger partial charge in [0.15, 0.2) is 0 Å². The van der Waals surface area contributed by atoms with Crippen LogP contribution >= 0.6 is 15.9 Å². The summed E-state index contributed by atoms with van der Waals surface area (Å²) in [5, 5.41) is 2.73. The van der Waals surface area contributed by atoms with E-state index in [-0.39, 0.29) is 12.5 Å². The number of rotatable bonds is 9. The van der Waals surface area contributed by atoms with E-state index in [1.165, 1.54) is 4.90 Å². The van der Waals surface area contributed by atoms with Crippen molar-refractivity contribution in [1.82, 2.24) is 10.2 Å². The highest BCUT2D eigenvalue weighted by molar-refractivity contribution is 9.10. The third-order valence-electron chi connectivity index (χ3n) is 4.96. The van der Waals surface area contributed by atoms with Gasteiger partial charge in [0, 0.05) is 17.6 Å². The molecule has 0 aliphatic heterocycles. The molecule has 0 fully saturated rings. The van der Waals surface area contributed by atoms with Crippen molar-refractivity contribution < 1.29 is 18.0 Å². The van der Waals surface area contributed by atoms with Crippen LogP contribution in [-0.4, -0.2) is 50.5 Å². The minimum atomic E-state index is -3.74. The Morgan fingerprint density at radius 3 is 2.12 bits per heavy atom. The number of amides is 2. The van der Waals surface area contributed by atoms with E-state index in [1.807, 2.05) is 44.2 Å². The van der Waals surface area contributed by atoms with Gasteiger partial charge >= 0.3 is 0 Å². The lowest BCUT2D eigenvalue weighted by atomic mass is 10.1. The highest BCUT2D eigenvalue weighted by atomic mass is 79.9. The van der Waals surface area contributed by atoms with E-state index in [4.69, 9.17) is 0 Å². The van der Waals surface area contributed by atoms with Crippen LogP contribution in [0.5, 0.6) is 0 Å². The molecule has 9 heteroatoms. The van der Waals surface area contributed by atoms with Crippen LogP contribution in [0.15, 0.2) is 46.9 Å². The summed E-state index contributed by atoms with van der Waals surface area (Å²) in [6, 6.07) is 12.0. The fourth-order valence-electron chi connectivity index (χ4n) is 3.40. The third kappa shape index (κ3) is 7.06. The molecule has 2 aromatic rings. The second-order valence-corrected chi connectivity index (χ2v) is 10.7. The van der Waals surface area contributed by atoms with Crippen LogP contribution in [0.4, 0.5) is 5.69 Å². The van der Waals surface area contributed by atoms with Crippen LogP contribution in [0.3, 0.4) is 0 Å². The molecule has 0 bridgehead atoms. The van der Waals surface area contributed by atoms with Gasteiger partial charge in [0.2, 0.25) is 21.8 Å². The van der Waals surface area contributed by atoms with Crippen molar-refractivity contribution in [3.05, 3.63) is 63.6 Å². The number of likely N-dealkylation sites (N-methyl/N-ethyl adjacent to an activating group) is 1. The van der Waals surface area contributed by atoms with Crippen molar-refractivity contribution in [2.75, 3.05) is 23.7 Å². The summed E-state index contributed by atoms with van der Waals surface area (Å²) in [6.45, 7) is 7.39.